The Morgan fingerprint density at radius 2 is 1.07 bits per heavy atom. The summed E-state index contributed by atoms with van der Waals surface area (Å²) < 4.78 is 66.7. The summed E-state index contributed by atoms with van der Waals surface area (Å²) in [5.74, 6) is -5.95. The number of rotatable bonds is 58. The van der Waals surface area contributed by atoms with Gasteiger partial charge in [-0.2, -0.15) is 0 Å². The van der Waals surface area contributed by atoms with E-state index in [1.807, 2.05) is 32.0 Å². The number of anilines is 1. The summed E-state index contributed by atoms with van der Waals surface area (Å²) in [5.41, 5.74) is 1.59. The van der Waals surface area contributed by atoms with Gasteiger partial charge in [0, 0.05) is 53.7 Å². The van der Waals surface area contributed by atoms with Crippen molar-refractivity contribution in [2.24, 2.45) is 29.6 Å². The average molecular weight is 1550 g/mol. The average Bonchev–Trinajstić information content (AvgIpc) is 1.62. The van der Waals surface area contributed by atoms with Crippen molar-refractivity contribution in [2.45, 2.75) is 182 Å². The van der Waals surface area contributed by atoms with E-state index in [0.717, 1.165) is 13.0 Å². The zero-order valence-electron chi connectivity index (χ0n) is 67.6. The monoisotopic (exact) mass is 1550 g/mol. The first-order valence-corrected chi connectivity index (χ1v) is 38.4. The molecule has 620 valence electrons. The van der Waals surface area contributed by atoms with Crippen molar-refractivity contribution >= 4 is 59.0 Å². The zero-order valence-corrected chi connectivity index (χ0v) is 67.6. The molecule has 1 fully saturated rings. The number of hydrogen-bond donors (Lipinski definition) is 7. The number of benzene rings is 2. The van der Waals surface area contributed by atoms with Gasteiger partial charge in [0.25, 0.3) is 0 Å². The topological polar surface area (TPSA) is 367 Å². The number of carbonyl (C=O) groups is 9. The van der Waals surface area contributed by atoms with Crippen LogP contribution >= 0.6 is 0 Å². The molecule has 7 N–H and O–H groups in total. The van der Waals surface area contributed by atoms with Gasteiger partial charge < -0.3 is 104 Å². The molecule has 0 spiro atoms. The molecule has 0 bridgehead atoms. The Labute approximate surface area is 646 Å². The van der Waals surface area contributed by atoms with E-state index in [-0.39, 0.29) is 43.9 Å². The van der Waals surface area contributed by atoms with Crippen LogP contribution in [-0.2, 0) is 102 Å². The SMILES string of the molecule is CCCOCCOCCOCCOCCOCCOCCOCCOCCNC(=O)COCC(=O)N[C@H](C(=O)N[C@@H](C)C(=O)Nc1ccc(COC(=O)N(C)[C@H](C(=O)N[C@H](C(=O)N(C)[C@@H]([C@@H](C)CC)[C@@H](CC(=O)N2CCC[C@H]2[C@H](OC)[C@@H](C)C(=O)N[C@H](C)[C@@H](O)c2ccccc2)OC)C(C)C)C(C)C)cc1)C(C)C. The van der Waals surface area contributed by atoms with Crippen molar-refractivity contribution in [3.05, 3.63) is 65.7 Å². The number of likely N-dealkylation sites (N-methyl/N-ethyl adjacent to an activating group) is 2. The van der Waals surface area contributed by atoms with E-state index in [2.05, 4.69) is 38.8 Å². The van der Waals surface area contributed by atoms with Gasteiger partial charge in [-0.25, -0.2) is 4.79 Å². The van der Waals surface area contributed by atoms with Gasteiger partial charge >= 0.3 is 6.09 Å². The predicted molar refractivity (Wildman–Crippen MR) is 409 cm³/mol. The molecule has 109 heavy (non-hydrogen) atoms. The molecule has 9 amide bonds. The van der Waals surface area contributed by atoms with E-state index < -0.39 is 139 Å². The predicted octanol–water partition coefficient (Wildman–Crippen LogP) is 4.84. The molecule has 0 unspecified atom stereocenters. The molecular weight excluding hydrogens is 1410 g/mol. The van der Waals surface area contributed by atoms with Crippen LogP contribution in [0.25, 0.3) is 0 Å². The minimum atomic E-state index is -1.07. The van der Waals surface area contributed by atoms with Gasteiger partial charge in [0.15, 0.2) is 0 Å². The minimum Gasteiger partial charge on any atom is -0.445 e. The molecule has 1 saturated heterocycles. The molecule has 0 aromatic heterocycles. The van der Waals surface area contributed by atoms with Gasteiger partial charge in [0.1, 0.15) is 44.0 Å². The largest absolute Gasteiger partial charge is 0.445 e. The van der Waals surface area contributed by atoms with Gasteiger partial charge in [-0.05, 0) is 80.0 Å². The van der Waals surface area contributed by atoms with Crippen LogP contribution in [-0.4, -0.2) is 288 Å². The second kappa shape index (κ2) is 54.6. The minimum absolute atomic E-state index is 0.0873. The summed E-state index contributed by atoms with van der Waals surface area (Å²) in [6, 6.07) is 9.63. The normalized spacial score (nSPS) is 16.0. The maximum absolute atomic E-state index is 14.8. The van der Waals surface area contributed by atoms with Crippen LogP contribution in [0.4, 0.5) is 10.5 Å². The molecule has 3 rings (SSSR count). The molecular formula is C78H131N9O22. The van der Waals surface area contributed by atoms with Crippen molar-refractivity contribution in [1.82, 2.24) is 41.3 Å². The van der Waals surface area contributed by atoms with Gasteiger partial charge in [-0.3, -0.25) is 43.3 Å². The first-order valence-electron chi connectivity index (χ1n) is 38.4. The van der Waals surface area contributed by atoms with Gasteiger partial charge in [-0.1, -0.05) is 118 Å². The highest BCUT2D eigenvalue weighted by molar-refractivity contribution is 5.98. The number of aliphatic hydroxyl groups is 1. The first kappa shape index (κ1) is 96.2. The Morgan fingerprint density at radius 3 is 1.57 bits per heavy atom. The van der Waals surface area contributed by atoms with Crippen LogP contribution in [0.2, 0.25) is 0 Å². The Bertz CT molecular complexity index is 2940. The van der Waals surface area contributed by atoms with Crippen molar-refractivity contribution in [1.29, 1.82) is 0 Å². The smallest absolute Gasteiger partial charge is 0.410 e. The van der Waals surface area contributed by atoms with Gasteiger partial charge in [-0.15, -0.1) is 0 Å². The fourth-order valence-corrected chi connectivity index (χ4v) is 12.3. The van der Waals surface area contributed by atoms with Crippen LogP contribution in [0, 0.1) is 29.6 Å². The Morgan fingerprint density at radius 1 is 0.550 bits per heavy atom. The molecule has 12 atom stereocenters. The van der Waals surface area contributed by atoms with Crippen molar-refractivity contribution in [3.8, 4) is 0 Å². The standard InChI is InChI=1S/C78H131N9O22/c1-17-32-100-34-36-102-38-40-104-42-44-106-46-47-107-45-43-105-41-39-103-37-35-101-33-30-79-64(88)50-108-51-65(89)83-67(52(3)4)75(94)81-58(12)74(93)82-61-28-26-59(27-29-61)49-109-78(97)86(14)69(54(7)8)76(95)84-68(53(5)6)77(96)85(13)70(55(9)18-2)63(98-15)48-66(90)87-31-22-25-62(87)72(99-16)56(10)73(92)80-57(11)71(91)60-23-20-19-21-24-60/h19-21,23-24,26-29,52-58,62-63,67-72,91H,17-18,22,25,30-51H2,1-16H3,(H,79,88)(H,80,92)(H,81,94)(H,82,93)(H,83,89)(H,84,95)/t55-,56+,57+,58-,62-,63+,67-,68-,69-,70-,71+,72+/m0/s1. The van der Waals surface area contributed by atoms with E-state index in [4.69, 9.17) is 56.8 Å². The third-order valence-corrected chi connectivity index (χ3v) is 18.7. The molecule has 31 nitrogen and oxygen atoms in total. The number of ether oxygens (including phenoxy) is 12. The van der Waals surface area contributed by atoms with Gasteiger partial charge in [0.2, 0.25) is 47.3 Å². The molecule has 1 heterocycles. The number of nitrogens with one attached hydrogen (secondary N) is 6. The third kappa shape index (κ3) is 35.9. The lowest BCUT2D eigenvalue weighted by Crippen LogP contribution is -2.60. The fraction of sp³-hybridized carbons (Fsp3) is 0.731. The molecule has 0 aliphatic carbocycles. The van der Waals surface area contributed by atoms with E-state index in [0.29, 0.717) is 135 Å². The summed E-state index contributed by atoms with van der Waals surface area (Å²) in [6.45, 7) is 28.3. The van der Waals surface area contributed by atoms with Crippen LogP contribution in [0.5, 0.6) is 0 Å². The van der Waals surface area contributed by atoms with Crippen molar-refractivity contribution in [2.75, 3.05) is 166 Å². The van der Waals surface area contributed by atoms with Crippen molar-refractivity contribution < 1.29 is 105 Å². The van der Waals surface area contributed by atoms with E-state index in [9.17, 15) is 48.3 Å². The summed E-state index contributed by atoms with van der Waals surface area (Å²) in [5, 5.41) is 27.5. The summed E-state index contributed by atoms with van der Waals surface area (Å²) in [4.78, 5) is 127. The van der Waals surface area contributed by atoms with Gasteiger partial charge in [0.05, 0.1) is 148 Å². The Balaban J connectivity index is 1.39. The molecule has 31 heteroatoms. The second-order valence-electron chi connectivity index (χ2n) is 28.3. The lowest BCUT2D eigenvalue weighted by atomic mass is 9.89. The van der Waals surface area contributed by atoms with Crippen LogP contribution in [0.3, 0.4) is 0 Å². The Kier molecular flexibility index (Phi) is 48.2. The Hall–Kier alpha value is -7.01. The zero-order chi connectivity index (χ0) is 80.8. The third-order valence-electron chi connectivity index (χ3n) is 18.7. The summed E-state index contributed by atoms with van der Waals surface area (Å²) >= 11 is 0. The first-order chi connectivity index (χ1) is 52.1. The fourth-order valence-electron chi connectivity index (χ4n) is 12.3. The summed E-state index contributed by atoms with van der Waals surface area (Å²) in [6.07, 6.45) is -0.381. The molecule has 2 aromatic rings. The highest BCUT2D eigenvalue weighted by atomic mass is 16.6. The number of methoxy groups -OCH3 is 2. The van der Waals surface area contributed by atoms with Crippen molar-refractivity contribution in [3.63, 3.8) is 0 Å². The van der Waals surface area contributed by atoms with E-state index >= 15 is 0 Å². The lowest BCUT2D eigenvalue weighted by molar-refractivity contribution is -0.148. The molecule has 0 saturated carbocycles. The summed E-state index contributed by atoms with van der Waals surface area (Å²) in [7, 11) is 6.10. The van der Waals surface area contributed by atoms with Crippen LogP contribution < -0.4 is 31.9 Å². The molecule has 0 radical (unpaired) electrons. The maximum Gasteiger partial charge on any atom is 0.410 e. The number of carbonyl (C=O) groups excluding carboxylic acids is 9. The van der Waals surface area contributed by atoms with Crippen LogP contribution in [0.15, 0.2) is 54.6 Å². The number of hydrogen-bond acceptors (Lipinski definition) is 22. The van der Waals surface area contributed by atoms with E-state index in [1.54, 1.807) is 109 Å². The number of likely N-dealkylation sites (tertiary alicyclic amines) is 1. The highest BCUT2D eigenvalue weighted by Gasteiger charge is 2.44. The number of amides is 9. The second-order valence-corrected chi connectivity index (χ2v) is 28.3. The van der Waals surface area contributed by atoms with Crippen LogP contribution in [0.1, 0.15) is 132 Å². The number of aliphatic hydroxyl groups excluding tert-OH is 1. The molecule has 1 aliphatic rings. The highest BCUT2D eigenvalue weighted by Crippen LogP contribution is 2.31. The molecule has 1 aliphatic heterocycles. The number of nitrogens with zero attached hydrogens (tertiary/aromatic N) is 3. The van der Waals surface area contributed by atoms with E-state index in [1.165, 1.54) is 33.1 Å². The maximum atomic E-state index is 14.8. The molecule has 2 aromatic carbocycles. The quantitative estimate of drug-likeness (QED) is 0.0436. The lowest BCUT2D eigenvalue weighted by Gasteiger charge is -2.41.